The average Bonchev–Trinajstić information content (AvgIpc) is 2.44. The Hall–Kier alpha value is -0.770. The highest BCUT2D eigenvalue weighted by Gasteiger charge is 2.21. The Labute approximate surface area is 133 Å². The number of nitrogens with zero attached hydrogens (tertiary/aromatic N) is 1. The highest BCUT2D eigenvalue weighted by Crippen LogP contribution is 2.30. The molecule has 0 saturated carbocycles. The molecule has 1 unspecified atom stereocenters. The van der Waals surface area contributed by atoms with E-state index in [1.54, 1.807) is 0 Å². The standard InChI is InChI=1S/C17H27ClN2O/c1-17(2,3)19-10-13-6-7-16(15(18)9-13)20-8-4-5-14(11-20)12-21/h6-7,9,14,19,21H,4-5,8,10-12H2,1-3H3. The van der Waals surface area contributed by atoms with E-state index >= 15 is 0 Å². The van der Waals surface area contributed by atoms with Gasteiger partial charge in [0.05, 0.1) is 10.7 Å². The first-order valence-electron chi connectivity index (χ1n) is 7.78. The zero-order valence-electron chi connectivity index (χ0n) is 13.3. The van der Waals surface area contributed by atoms with Crippen LogP contribution < -0.4 is 10.2 Å². The Balaban J connectivity index is 2.05. The number of aliphatic hydroxyl groups excluding tert-OH is 1. The number of aliphatic hydroxyl groups is 1. The summed E-state index contributed by atoms with van der Waals surface area (Å²) in [5.74, 6) is 0.372. The predicted octanol–water partition coefficient (Wildman–Crippen LogP) is 3.44. The van der Waals surface area contributed by atoms with Crippen molar-refractivity contribution in [3.63, 3.8) is 0 Å². The molecule has 1 aromatic carbocycles. The molecular weight excluding hydrogens is 284 g/mol. The molecule has 3 nitrogen and oxygen atoms in total. The molecule has 1 aliphatic rings. The van der Waals surface area contributed by atoms with Crippen molar-refractivity contribution in [3.05, 3.63) is 28.8 Å². The number of halogens is 1. The number of hydrogen-bond donors (Lipinski definition) is 2. The molecule has 2 rings (SSSR count). The second-order valence-corrected chi connectivity index (χ2v) is 7.43. The van der Waals surface area contributed by atoms with Gasteiger partial charge in [-0.1, -0.05) is 17.7 Å². The monoisotopic (exact) mass is 310 g/mol. The van der Waals surface area contributed by atoms with Crippen molar-refractivity contribution < 1.29 is 5.11 Å². The van der Waals surface area contributed by atoms with E-state index in [0.717, 1.165) is 43.2 Å². The van der Waals surface area contributed by atoms with Crippen LogP contribution in [0, 0.1) is 5.92 Å². The summed E-state index contributed by atoms with van der Waals surface area (Å²) < 4.78 is 0. The SMILES string of the molecule is CC(C)(C)NCc1ccc(N2CCCC(CO)C2)c(Cl)c1. The summed E-state index contributed by atoms with van der Waals surface area (Å²) in [4.78, 5) is 2.30. The lowest BCUT2D eigenvalue weighted by Gasteiger charge is -2.34. The summed E-state index contributed by atoms with van der Waals surface area (Å²) in [5, 5.41) is 13.6. The van der Waals surface area contributed by atoms with Gasteiger partial charge in [-0.2, -0.15) is 0 Å². The first kappa shape index (κ1) is 16.6. The molecule has 1 saturated heterocycles. The fraction of sp³-hybridized carbons (Fsp3) is 0.647. The largest absolute Gasteiger partial charge is 0.396 e. The third-order valence-electron chi connectivity index (χ3n) is 3.95. The minimum atomic E-state index is 0.104. The van der Waals surface area contributed by atoms with Gasteiger partial charge in [0.1, 0.15) is 0 Å². The summed E-state index contributed by atoms with van der Waals surface area (Å²) >= 11 is 6.47. The maximum Gasteiger partial charge on any atom is 0.0642 e. The molecule has 21 heavy (non-hydrogen) atoms. The topological polar surface area (TPSA) is 35.5 Å². The Bertz CT molecular complexity index is 470. The van der Waals surface area contributed by atoms with Gasteiger partial charge in [-0.25, -0.2) is 0 Å². The average molecular weight is 311 g/mol. The number of rotatable bonds is 4. The van der Waals surface area contributed by atoms with Gasteiger partial charge in [-0.3, -0.25) is 0 Å². The molecule has 1 fully saturated rings. The summed E-state index contributed by atoms with van der Waals surface area (Å²) in [5.41, 5.74) is 2.40. The van der Waals surface area contributed by atoms with Crippen LogP contribution in [0.1, 0.15) is 39.2 Å². The molecule has 0 bridgehead atoms. The normalized spacial score (nSPS) is 19.9. The summed E-state index contributed by atoms with van der Waals surface area (Å²) in [7, 11) is 0. The van der Waals surface area contributed by atoms with E-state index in [9.17, 15) is 5.11 Å². The van der Waals surface area contributed by atoms with E-state index in [1.807, 2.05) is 0 Å². The van der Waals surface area contributed by atoms with Gasteiger partial charge in [0, 0.05) is 31.8 Å². The lowest BCUT2D eigenvalue weighted by molar-refractivity contribution is 0.209. The van der Waals surface area contributed by atoms with Crippen LogP contribution >= 0.6 is 11.6 Å². The van der Waals surface area contributed by atoms with Crippen LogP contribution in [-0.2, 0) is 6.54 Å². The van der Waals surface area contributed by atoms with Crippen LogP contribution in [0.4, 0.5) is 5.69 Å². The van der Waals surface area contributed by atoms with E-state index in [1.165, 1.54) is 5.56 Å². The predicted molar refractivity (Wildman–Crippen MR) is 90.1 cm³/mol. The van der Waals surface area contributed by atoms with Crippen molar-refractivity contribution in [2.75, 3.05) is 24.6 Å². The number of hydrogen-bond acceptors (Lipinski definition) is 3. The fourth-order valence-corrected chi connectivity index (χ4v) is 3.04. The molecule has 1 atom stereocenters. The van der Waals surface area contributed by atoms with Crippen LogP contribution in [0.3, 0.4) is 0 Å². The van der Waals surface area contributed by atoms with Crippen LogP contribution in [0.2, 0.25) is 5.02 Å². The van der Waals surface area contributed by atoms with E-state index in [0.29, 0.717) is 5.92 Å². The second-order valence-electron chi connectivity index (χ2n) is 7.03. The quantitative estimate of drug-likeness (QED) is 0.894. The maximum atomic E-state index is 9.35. The van der Waals surface area contributed by atoms with Gasteiger partial charge >= 0.3 is 0 Å². The third-order valence-corrected chi connectivity index (χ3v) is 4.26. The Morgan fingerprint density at radius 2 is 2.14 bits per heavy atom. The van der Waals surface area contributed by atoms with E-state index in [4.69, 9.17) is 11.6 Å². The highest BCUT2D eigenvalue weighted by molar-refractivity contribution is 6.33. The first-order chi connectivity index (χ1) is 9.89. The molecule has 4 heteroatoms. The van der Waals surface area contributed by atoms with Crippen molar-refractivity contribution in [1.29, 1.82) is 0 Å². The van der Waals surface area contributed by atoms with Crippen LogP contribution in [0.25, 0.3) is 0 Å². The highest BCUT2D eigenvalue weighted by atomic mass is 35.5. The molecule has 1 aliphatic heterocycles. The number of benzene rings is 1. The zero-order valence-corrected chi connectivity index (χ0v) is 14.1. The van der Waals surface area contributed by atoms with E-state index < -0.39 is 0 Å². The van der Waals surface area contributed by atoms with Crippen LogP contribution in [0.5, 0.6) is 0 Å². The lowest BCUT2D eigenvalue weighted by Crippen LogP contribution is -2.37. The van der Waals surface area contributed by atoms with Gasteiger partial charge in [0.2, 0.25) is 0 Å². The summed E-state index contributed by atoms with van der Waals surface area (Å²) in [6.07, 6.45) is 2.23. The molecule has 0 amide bonds. The second kappa shape index (κ2) is 6.99. The molecule has 1 heterocycles. The first-order valence-corrected chi connectivity index (χ1v) is 8.16. The number of nitrogens with one attached hydrogen (secondary N) is 1. The van der Waals surface area contributed by atoms with E-state index in [2.05, 4.69) is 49.2 Å². The Kier molecular flexibility index (Phi) is 5.53. The van der Waals surface area contributed by atoms with Gasteiger partial charge in [-0.15, -0.1) is 0 Å². The minimum absolute atomic E-state index is 0.104. The maximum absolute atomic E-state index is 9.35. The van der Waals surface area contributed by atoms with Crippen LogP contribution in [-0.4, -0.2) is 30.3 Å². The molecule has 1 aromatic rings. The molecule has 0 spiro atoms. The van der Waals surface area contributed by atoms with Gasteiger partial charge in [0.25, 0.3) is 0 Å². The number of piperidine rings is 1. The smallest absolute Gasteiger partial charge is 0.0642 e. The fourth-order valence-electron chi connectivity index (χ4n) is 2.72. The van der Waals surface area contributed by atoms with Gasteiger partial charge in [-0.05, 0) is 57.2 Å². The molecule has 0 aromatic heterocycles. The molecule has 0 radical (unpaired) electrons. The van der Waals surface area contributed by atoms with Crippen molar-refractivity contribution >= 4 is 17.3 Å². The number of anilines is 1. The van der Waals surface area contributed by atoms with E-state index in [-0.39, 0.29) is 12.1 Å². The van der Waals surface area contributed by atoms with Crippen LogP contribution in [0.15, 0.2) is 18.2 Å². The van der Waals surface area contributed by atoms with Gasteiger partial charge in [0.15, 0.2) is 0 Å². The van der Waals surface area contributed by atoms with Gasteiger partial charge < -0.3 is 15.3 Å². The summed E-state index contributed by atoms with van der Waals surface area (Å²) in [6.45, 7) is 9.49. The lowest BCUT2D eigenvalue weighted by atomic mass is 9.98. The Morgan fingerprint density at radius 3 is 2.76 bits per heavy atom. The summed E-state index contributed by atoms with van der Waals surface area (Å²) in [6, 6.07) is 6.31. The van der Waals surface area contributed by atoms with Crippen molar-refractivity contribution in [3.8, 4) is 0 Å². The molecule has 2 N–H and O–H groups in total. The van der Waals surface area contributed by atoms with Crippen molar-refractivity contribution in [1.82, 2.24) is 5.32 Å². The third kappa shape index (κ3) is 4.87. The van der Waals surface area contributed by atoms with Crippen molar-refractivity contribution in [2.24, 2.45) is 5.92 Å². The molecule has 118 valence electrons. The molecular formula is C17H27ClN2O. The molecule has 0 aliphatic carbocycles. The minimum Gasteiger partial charge on any atom is -0.396 e. The van der Waals surface area contributed by atoms with Crippen molar-refractivity contribution in [2.45, 2.75) is 45.7 Å². The zero-order chi connectivity index (χ0) is 15.5. The Morgan fingerprint density at radius 1 is 1.38 bits per heavy atom.